The lowest BCUT2D eigenvalue weighted by atomic mass is 9.89. The first-order chi connectivity index (χ1) is 23.4. The Hall–Kier alpha value is -4.98. The highest BCUT2D eigenvalue weighted by Gasteiger charge is 2.23. The number of hydrogen-bond donors (Lipinski definition) is 4. The van der Waals surface area contributed by atoms with Crippen molar-refractivity contribution in [2.24, 2.45) is 0 Å². The first-order valence-electron chi connectivity index (χ1n) is 16.0. The number of nitrogens with one attached hydrogen (secondary N) is 2. The van der Waals surface area contributed by atoms with E-state index in [2.05, 4.69) is 10.6 Å². The van der Waals surface area contributed by atoms with E-state index in [1.807, 2.05) is 0 Å². The van der Waals surface area contributed by atoms with Crippen LogP contribution in [0.15, 0.2) is 63.8 Å². The van der Waals surface area contributed by atoms with E-state index in [-0.39, 0.29) is 39.2 Å². The van der Waals surface area contributed by atoms with Gasteiger partial charge >= 0.3 is 12.1 Å². The maximum Gasteiger partial charge on any atom is 0.407 e. The Morgan fingerprint density at radius 3 is 2.08 bits per heavy atom. The lowest BCUT2D eigenvalue weighted by Crippen LogP contribution is -2.33. The SMILES string of the molecule is CC(C)(C)OC(=O)NCCCOCCOCCOCCCNC(=O)c1ccc(C(=O)O)c(-c2c3ccc(=O)cc-3oc3cc(O)ccc23)c1. The van der Waals surface area contributed by atoms with Crippen molar-refractivity contribution >= 4 is 28.9 Å². The molecule has 262 valence electrons. The number of phenols is 1. The molecule has 0 atom stereocenters. The molecule has 2 aromatic rings. The van der Waals surface area contributed by atoms with E-state index in [4.69, 9.17) is 23.4 Å². The zero-order valence-corrected chi connectivity index (χ0v) is 27.8. The number of carboxylic acid groups (broad SMARTS) is 1. The Bertz CT molecular complexity index is 1780. The molecule has 4 N–H and O–H groups in total. The lowest BCUT2D eigenvalue weighted by Gasteiger charge is -2.19. The summed E-state index contributed by atoms with van der Waals surface area (Å²) in [6.07, 6.45) is 0.749. The topological polar surface area (TPSA) is 183 Å². The van der Waals surface area contributed by atoms with E-state index >= 15 is 0 Å². The van der Waals surface area contributed by atoms with Gasteiger partial charge in [-0.1, -0.05) is 0 Å². The molecule has 0 bridgehead atoms. The standard InChI is InChI=1S/C36H42N2O11/c1-36(2,3)49-35(44)38-13-5-15-46-17-19-47-18-16-45-14-4-12-37-33(41)23-6-9-26(34(42)43)29(20-23)32-27-10-7-24(39)21-30(27)48-31-22-25(40)8-11-28(31)32/h6-11,20-22,39H,4-5,12-19H2,1-3H3,(H,37,41)(H,38,44)(H,42,43). The molecule has 0 spiro atoms. The van der Waals surface area contributed by atoms with Crippen molar-refractivity contribution < 1.29 is 48.0 Å². The fourth-order valence-electron chi connectivity index (χ4n) is 4.93. The minimum Gasteiger partial charge on any atom is -0.508 e. The summed E-state index contributed by atoms with van der Waals surface area (Å²) >= 11 is 0. The Labute approximate surface area is 283 Å². The van der Waals surface area contributed by atoms with Crippen molar-refractivity contribution in [2.45, 2.75) is 39.2 Å². The van der Waals surface area contributed by atoms with Crippen LogP contribution < -0.4 is 16.1 Å². The number of carbonyl (C=O) groups excluding carboxylic acids is 2. The summed E-state index contributed by atoms with van der Waals surface area (Å²) in [4.78, 5) is 49.0. The molecule has 0 saturated carbocycles. The van der Waals surface area contributed by atoms with Gasteiger partial charge < -0.3 is 44.2 Å². The molecule has 0 fully saturated rings. The zero-order valence-electron chi connectivity index (χ0n) is 27.8. The van der Waals surface area contributed by atoms with Crippen LogP contribution in [-0.2, 0) is 18.9 Å². The van der Waals surface area contributed by atoms with Crippen LogP contribution in [0.3, 0.4) is 0 Å². The first kappa shape index (κ1) is 36.8. The molecule has 0 saturated heterocycles. The van der Waals surface area contributed by atoms with Crippen LogP contribution in [0.5, 0.6) is 5.75 Å². The third-order valence-corrected chi connectivity index (χ3v) is 7.09. The van der Waals surface area contributed by atoms with Crippen molar-refractivity contribution in [2.75, 3.05) is 52.7 Å². The van der Waals surface area contributed by atoms with Crippen LogP contribution in [0.4, 0.5) is 4.79 Å². The number of carbonyl (C=O) groups is 3. The molecule has 2 aliphatic rings. The summed E-state index contributed by atoms with van der Waals surface area (Å²) in [6, 6.07) is 13.0. The minimum atomic E-state index is -1.19. The second kappa shape index (κ2) is 17.4. The van der Waals surface area contributed by atoms with Gasteiger partial charge in [0, 0.05) is 60.5 Å². The summed E-state index contributed by atoms with van der Waals surface area (Å²) < 4.78 is 27.6. The van der Waals surface area contributed by atoms with Gasteiger partial charge in [-0.2, -0.15) is 0 Å². The van der Waals surface area contributed by atoms with E-state index in [0.29, 0.717) is 82.1 Å². The molecule has 0 aromatic heterocycles. The third-order valence-electron chi connectivity index (χ3n) is 7.09. The number of carboxylic acids is 1. The number of benzene rings is 3. The van der Waals surface area contributed by atoms with Crippen LogP contribution in [0, 0.1) is 0 Å². The summed E-state index contributed by atoms with van der Waals surface area (Å²) in [6.45, 7) is 8.68. The average molecular weight is 679 g/mol. The second-order valence-electron chi connectivity index (χ2n) is 12.1. The second-order valence-corrected chi connectivity index (χ2v) is 12.1. The van der Waals surface area contributed by atoms with Crippen molar-refractivity contribution in [1.82, 2.24) is 10.6 Å². The van der Waals surface area contributed by atoms with E-state index in [9.17, 15) is 29.4 Å². The fraction of sp³-hybridized carbons (Fsp3) is 0.389. The molecule has 2 amide bonds. The van der Waals surface area contributed by atoms with Crippen molar-refractivity contribution in [3.63, 3.8) is 0 Å². The number of amides is 2. The molecular formula is C36H42N2O11. The van der Waals surface area contributed by atoms with Gasteiger partial charge in [0.25, 0.3) is 5.91 Å². The van der Waals surface area contributed by atoms with Gasteiger partial charge in [-0.15, -0.1) is 0 Å². The van der Waals surface area contributed by atoms with Gasteiger partial charge in [0.2, 0.25) is 0 Å². The molecule has 49 heavy (non-hydrogen) atoms. The van der Waals surface area contributed by atoms with E-state index in [1.54, 1.807) is 32.9 Å². The zero-order chi connectivity index (χ0) is 35.4. The third kappa shape index (κ3) is 11.0. The van der Waals surface area contributed by atoms with Gasteiger partial charge in [0.15, 0.2) is 5.43 Å². The predicted molar refractivity (Wildman–Crippen MR) is 181 cm³/mol. The Balaban J connectivity index is 1.21. The van der Waals surface area contributed by atoms with Gasteiger partial charge in [-0.25, -0.2) is 9.59 Å². The van der Waals surface area contributed by atoms with Crippen molar-refractivity contribution in [1.29, 1.82) is 0 Å². The largest absolute Gasteiger partial charge is 0.508 e. The number of aromatic carboxylic acids is 1. The molecule has 1 aliphatic carbocycles. The number of phenolic OH excluding ortho intramolecular Hbond substituents is 1. The highest BCUT2D eigenvalue weighted by molar-refractivity contribution is 6.09. The number of alkyl carbamates (subject to hydrolysis) is 1. The molecule has 1 aliphatic heterocycles. The number of aromatic hydroxyl groups is 1. The maximum atomic E-state index is 13.1. The van der Waals surface area contributed by atoms with E-state index < -0.39 is 23.6 Å². The summed E-state index contributed by atoms with van der Waals surface area (Å²) in [5.74, 6) is -1.43. The summed E-state index contributed by atoms with van der Waals surface area (Å²) in [5, 5.41) is 26.1. The molecule has 13 heteroatoms. The van der Waals surface area contributed by atoms with Crippen LogP contribution in [0.2, 0.25) is 0 Å². The quantitative estimate of drug-likeness (QED) is 0.0866. The molecule has 2 aromatic carbocycles. The number of fused-ring (bicyclic) bond motifs is 2. The Morgan fingerprint density at radius 1 is 0.776 bits per heavy atom. The van der Waals surface area contributed by atoms with E-state index in [0.717, 1.165) is 0 Å². The molecule has 4 rings (SSSR count). The van der Waals surface area contributed by atoms with Crippen LogP contribution in [0.1, 0.15) is 54.3 Å². The van der Waals surface area contributed by atoms with Gasteiger partial charge in [-0.05, 0) is 81.6 Å². The number of ether oxygens (including phenoxy) is 4. The van der Waals surface area contributed by atoms with Crippen LogP contribution in [0.25, 0.3) is 33.4 Å². The van der Waals surface area contributed by atoms with Crippen LogP contribution in [-0.4, -0.2) is 86.5 Å². The molecule has 0 radical (unpaired) electrons. The highest BCUT2D eigenvalue weighted by atomic mass is 16.6. The molecule has 1 heterocycles. The normalized spacial score (nSPS) is 11.5. The lowest BCUT2D eigenvalue weighted by molar-refractivity contribution is 0.0136. The molecule has 0 unspecified atom stereocenters. The Morgan fingerprint density at radius 2 is 1.43 bits per heavy atom. The average Bonchev–Trinajstić information content (AvgIpc) is 3.04. The maximum absolute atomic E-state index is 13.1. The monoisotopic (exact) mass is 678 g/mol. The fourth-order valence-corrected chi connectivity index (χ4v) is 4.93. The smallest absolute Gasteiger partial charge is 0.407 e. The number of rotatable bonds is 17. The van der Waals surface area contributed by atoms with Crippen LogP contribution >= 0.6 is 0 Å². The highest BCUT2D eigenvalue weighted by Crippen LogP contribution is 2.42. The van der Waals surface area contributed by atoms with E-state index in [1.165, 1.54) is 42.5 Å². The predicted octanol–water partition coefficient (Wildman–Crippen LogP) is 5.05. The summed E-state index contributed by atoms with van der Waals surface area (Å²) in [7, 11) is 0. The summed E-state index contributed by atoms with van der Waals surface area (Å²) in [5.41, 5.74) is 0.829. The molecular weight excluding hydrogens is 636 g/mol. The van der Waals surface area contributed by atoms with Gasteiger partial charge in [0.05, 0.1) is 32.0 Å². The first-order valence-corrected chi connectivity index (χ1v) is 16.0. The minimum absolute atomic E-state index is 0.0422. The van der Waals surface area contributed by atoms with Gasteiger partial charge in [0.1, 0.15) is 22.7 Å². The van der Waals surface area contributed by atoms with Crippen molar-refractivity contribution in [3.8, 4) is 28.2 Å². The molecule has 13 nitrogen and oxygen atoms in total. The van der Waals surface area contributed by atoms with Crippen molar-refractivity contribution in [3.05, 3.63) is 75.9 Å². The van der Waals surface area contributed by atoms with Gasteiger partial charge in [-0.3, -0.25) is 9.59 Å². The Kier molecular flexibility index (Phi) is 13.1. The number of hydrogen-bond acceptors (Lipinski definition) is 10.